The molecule has 0 unspecified atom stereocenters. The smallest absolute Gasteiger partial charge is 0.241 e. The Kier molecular flexibility index (Phi) is 6.60. The van der Waals surface area contributed by atoms with E-state index in [1.165, 1.54) is 5.56 Å². The Morgan fingerprint density at radius 2 is 1.58 bits per heavy atom. The van der Waals surface area contributed by atoms with E-state index in [1.807, 2.05) is 18.4 Å². The van der Waals surface area contributed by atoms with Gasteiger partial charge in [0.25, 0.3) is 0 Å². The third-order valence-electron chi connectivity index (χ3n) is 5.26. The first-order chi connectivity index (χ1) is 14.6. The highest BCUT2D eigenvalue weighted by Crippen LogP contribution is 2.42. The molecule has 1 aliphatic heterocycles. The third kappa shape index (κ3) is 5.36. The fraction of sp³-hybridized carbons (Fsp3) is 0.440. The van der Waals surface area contributed by atoms with Gasteiger partial charge in [-0.15, -0.1) is 0 Å². The maximum absolute atomic E-state index is 6.21. The zero-order valence-electron chi connectivity index (χ0n) is 19.9. The number of ether oxygens (including phenoxy) is 4. The Morgan fingerprint density at radius 1 is 0.935 bits per heavy atom. The van der Waals surface area contributed by atoms with Crippen molar-refractivity contribution in [3.8, 4) is 23.0 Å². The summed E-state index contributed by atoms with van der Waals surface area (Å²) in [5, 5.41) is 0. The van der Waals surface area contributed by atoms with Crippen LogP contribution in [0.1, 0.15) is 37.0 Å². The predicted octanol–water partition coefficient (Wildman–Crippen LogP) is 6.06. The number of methoxy groups -OCH3 is 3. The molecule has 0 saturated heterocycles. The summed E-state index contributed by atoms with van der Waals surface area (Å²) < 4.78 is 29.0. The number of hydrogen-bond donors (Lipinski definition) is 0. The molecule has 168 valence electrons. The largest absolute Gasteiger partial charge is 0.549 e. The molecule has 2 aromatic carbocycles. The van der Waals surface area contributed by atoms with Gasteiger partial charge in [-0.05, 0) is 87.3 Å². The van der Waals surface area contributed by atoms with Crippen LogP contribution < -0.4 is 18.9 Å². The van der Waals surface area contributed by atoms with Crippen LogP contribution in [0.25, 0.3) is 5.57 Å². The first-order valence-electron chi connectivity index (χ1n) is 10.6. The molecule has 3 rings (SSSR count). The molecule has 2 aromatic rings. The lowest BCUT2D eigenvalue weighted by Crippen LogP contribution is -2.32. The molecule has 0 N–H and O–H groups in total. The van der Waals surface area contributed by atoms with Crippen LogP contribution in [0.4, 0.5) is 0 Å². The summed E-state index contributed by atoms with van der Waals surface area (Å²) >= 11 is 0. The van der Waals surface area contributed by atoms with Gasteiger partial charge in [0.2, 0.25) is 14.1 Å². The van der Waals surface area contributed by atoms with Gasteiger partial charge in [-0.25, -0.2) is 0 Å². The van der Waals surface area contributed by atoms with Crippen LogP contribution in [0.3, 0.4) is 0 Å². The summed E-state index contributed by atoms with van der Waals surface area (Å²) in [5.41, 5.74) is 4.04. The quantitative estimate of drug-likeness (QED) is 0.385. The van der Waals surface area contributed by atoms with E-state index in [-0.39, 0.29) is 5.60 Å². The average molecular weight is 443 g/mol. The van der Waals surface area contributed by atoms with E-state index in [1.54, 1.807) is 21.3 Å². The number of hydrogen-bond acceptors (Lipinski definition) is 5. The Bertz CT molecular complexity index is 947. The van der Waals surface area contributed by atoms with Gasteiger partial charge in [0.05, 0.1) is 27.6 Å². The maximum Gasteiger partial charge on any atom is 0.241 e. The van der Waals surface area contributed by atoms with Gasteiger partial charge in [-0.3, -0.25) is 0 Å². The van der Waals surface area contributed by atoms with E-state index in [0.717, 1.165) is 35.3 Å². The van der Waals surface area contributed by atoms with Crippen LogP contribution in [0.15, 0.2) is 36.6 Å². The number of fused-ring (bicyclic) bond motifs is 1. The summed E-state index contributed by atoms with van der Waals surface area (Å²) in [5.74, 6) is 2.74. The second-order valence-electron chi connectivity index (χ2n) is 9.36. The van der Waals surface area contributed by atoms with Crippen LogP contribution in [-0.4, -0.2) is 35.2 Å². The molecule has 0 radical (unpaired) electrons. The molecule has 1 heterocycles. The van der Waals surface area contributed by atoms with E-state index in [0.29, 0.717) is 17.2 Å². The average Bonchev–Trinajstić information content (AvgIpc) is 2.71. The molecular formula is C25H34O5Si. The Morgan fingerprint density at radius 3 is 2.13 bits per heavy atom. The minimum absolute atomic E-state index is 0.134. The summed E-state index contributed by atoms with van der Waals surface area (Å²) in [4.78, 5) is 0. The third-order valence-corrected chi connectivity index (χ3v) is 6.09. The lowest BCUT2D eigenvalue weighted by molar-refractivity contribution is 0.0847. The number of benzene rings is 2. The van der Waals surface area contributed by atoms with Crippen molar-refractivity contribution in [3.05, 3.63) is 53.3 Å². The van der Waals surface area contributed by atoms with Crippen molar-refractivity contribution in [1.82, 2.24) is 0 Å². The molecule has 0 amide bonds. The maximum atomic E-state index is 6.21. The highest BCUT2D eigenvalue weighted by atomic mass is 28.4. The standard InChI is InChI=1S/C25H34O5Si/c1-25(2)12-11-18-13-17(9-10-21(18)30-25)20(16-29-31(6,7)8)19-14-22(26-3)24(28-5)23(15-19)27-4/h9-10,13-16H,11-12H2,1-8H3. The topological polar surface area (TPSA) is 46.2 Å². The highest BCUT2D eigenvalue weighted by Gasteiger charge is 2.27. The van der Waals surface area contributed by atoms with Crippen LogP contribution in [0.5, 0.6) is 23.0 Å². The minimum Gasteiger partial charge on any atom is -0.549 e. The van der Waals surface area contributed by atoms with Crippen molar-refractivity contribution < 1.29 is 23.4 Å². The fourth-order valence-electron chi connectivity index (χ4n) is 3.60. The molecule has 1 aliphatic rings. The van der Waals surface area contributed by atoms with Gasteiger partial charge in [-0.1, -0.05) is 6.07 Å². The van der Waals surface area contributed by atoms with E-state index in [2.05, 4.69) is 51.7 Å². The summed E-state index contributed by atoms with van der Waals surface area (Å²) in [6, 6.07) is 10.3. The SMILES string of the molecule is COc1cc(C(=CO[Si](C)(C)C)c2ccc3c(c2)CCC(C)(C)O3)cc(OC)c1OC. The van der Waals surface area contributed by atoms with Gasteiger partial charge in [-0.2, -0.15) is 0 Å². The molecule has 0 atom stereocenters. The van der Waals surface area contributed by atoms with E-state index < -0.39 is 8.32 Å². The van der Waals surface area contributed by atoms with Crippen LogP contribution in [0.2, 0.25) is 19.6 Å². The van der Waals surface area contributed by atoms with Crippen molar-refractivity contribution in [3.63, 3.8) is 0 Å². The molecule has 0 aliphatic carbocycles. The van der Waals surface area contributed by atoms with Gasteiger partial charge >= 0.3 is 0 Å². The van der Waals surface area contributed by atoms with Crippen molar-refractivity contribution in [2.75, 3.05) is 21.3 Å². The second kappa shape index (κ2) is 8.87. The second-order valence-corrected chi connectivity index (χ2v) is 13.8. The molecule has 0 bridgehead atoms. The van der Waals surface area contributed by atoms with Crippen LogP contribution >= 0.6 is 0 Å². The minimum atomic E-state index is -1.78. The van der Waals surface area contributed by atoms with Gasteiger partial charge in [0.15, 0.2) is 11.5 Å². The van der Waals surface area contributed by atoms with Gasteiger partial charge in [0, 0.05) is 5.57 Å². The lowest BCUT2D eigenvalue weighted by atomic mass is 9.91. The molecule has 6 heteroatoms. The summed E-state index contributed by atoms with van der Waals surface area (Å²) in [6.07, 6.45) is 3.84. The molecule has 0 aromatic heterocycles. The Labute approximate surface area is 187 Å². The predicted molar refractivity (Wildman–Crippen MR) is 127 cm³/mol. The van der Waals surface area contributed by atoms with Crippen molar-refractivity contribution >= 4 is 13.9 Å². The van der Waals surface area contributed by atoms with Gasteiger partial charge < -0.3 is 23.4 Å². The molecule has 0 saturated carbocycles. The molecular weight excluding hydrogens is 408 g/mol. The highest BCUT2D eigenvalue weighted by molar-refractivity contribution is 6.69. The van der Waals surface area contributed by atoms with Crippen molar-refractivity contribution in [2.45, 2.75) is 51.9 Å². The van der Waals surface area contributed by atoms with Crippen LogP contribution in [0, 0.1) is 0 Å². The molecule has 0 fully saturated rings. The van der Waals surface area contributed by atoms with Gasteiger partial charge in [0.1, 0.15) is 11.4 Å². The summed E-state index contributed by atoms with van der Waals surface area (Å²) in [6.45, 7) is 10.8. The first kappa shape index (κ1) is 23.1. The molecule has 5 nitrogen and oxygen atoms in total. The monoisotopic (exact) mass is 442 g/mol. The lowest BCUT2D eigenvalue weighted by Gasteiger charge is -2.33. The number of aryl methyl sites for hydroxylation is 1. The van der Waals surface area contributed by atoms with E-state index in [4.69, 9.17) is 23.4 Å². The first-order valence-corrected chi connectivity index (χ1v) is 14.0. The number of rotatable bonds is 7. The zero-order chi connectivity index (χ0) is 22.8. The van der Waals surface area contributed by atoms with Crippen molar-refractivity contribution in [1.29, 1.82) is 0 Å². The van der Waals surface area contributed by atoms with E-state index >= 15 is 0 Å². The summed E-state index contributed by atoms with van der Waals surface area (Å²) in [7, 11) is 3.08. The van der Waals surface area contributed by atoms with Crippen molar-refractivity contribution in [2.24, 2.45) is 0 Å². The van der Waals surface area contributed by atoms with Crippen LogP contribution in [-0.2, 0) is 10.8 Å². The normalized spacial score (nSPS) is 15.5. The zero-order valence-corrected chi connectivity index (χ0v) is 20.9. The van der Waals surface area contributed by atoms with E-state index in [9.17, 15) is 0 Å². The fourth-order valence-corrected chi connectivity index (χ4v) is 4.07. The molecule has 31 heavy (non-hydrogen) atoms. The molecule has 0 spiro atoms. The Hall–Kier alpha value is -2.60. The Balaban J connectivity index is 2.13.